The average molecular weight is 247 g/mol. The maximum Gasteiger partial charge on any atom is 0.123 e. The van der Waals surface area contributed by atoms with E-state index in [1.807, 2.05) is 40.2 Å². The molecule has 3 nitrogen and oxygen atoms in total. The summed E-state index contributed by atoms with van der Waals surface area (Å²) >= 11 is 0. The fourth-order valence-corrected chi connectivity index (χ4v) is 2.34. The van der Waals surface area contributed by atoms with Crippen LogP contribution in [0, 0.1) is 19.7 Å². The van der Waals surface area contributed by atoms with E-state index in [0.717, 1.165) is 22.4 Å². The summed E-state index contributed by atoms with van der Waals surface area (Å²) in [6, 6.07) is 4.93. The molecule has 0 aliphatic carbocycles. The fraction of sp³-hybridized carbons (Fsp3) is 0.357. The van der Waals surface area contributed by atoms with E-state index in [1.165, 1.54) is 6.07 Å². The third kappa shape index (κ3) is 2.29. The van der Waals surface area contributed by atoms with Gasteiger partial charge in [-0.2, -0.15) is 5.10 Å². The molecule has 4 heteroatoms. The van der Waals surface area contributed by atoms with Crippen LogP contribution in [0.15, 0.2) is 24.4 Å². The summed E-state index contributed by atoms with van der Waals surface area (Å²) in [7, 11) is 3.81. The van der Waals surface area contributed by atoms with Crippen LogP contribution in [-0.2, 0) is 7.05 Å². The second-order valence-electron chi connectivity index (χ2n) is 4.57. The molecule has 1 atom stereocenters. The van der Waals surface area contributed by atoms with Crippen molar-refractivity contribution in [3.05, 3.63) is 52.6 Å². The Morgan fingerprint density at radius 3 is 2.50 bits per heavy atom. The second kappa shape index (κ2) is 4.90. The van der Waals surface area contributed by atoms with Gasteiger partial charge in [0.05, 0.1) is 11.7 Å². The highest BCUT2D eigenvalue weighted by Gasteiger charge is 2.18. The number of nitrogens with one attached hydrogen (secondary N) is 1. The first-order valence-corrected chi connectivity index (χ1v) is 5.96. The van der Waals surface area contributed by atoms with Gasteiger partial charge in [-0.25, -0.2) is 4.39 Å². The van der Waals surface area contributed by atoms with Crippen molar-refractivity contribution in [1.82, 2.24) is 15.1 Å². The molecule has 0 amide bonds. The van der Waals surface area contributed by atoms with Crippen LogP contribution < -0.4 is 5.32 Å². The van der Waals surface area contributed by atoms with E-state index in [9.17, 15) is 4.39 Å². The number of hydrogen-bond acceptors (Lipinski definition) is 2. The lowest BCUT2D eigenvalue weighted by atomic mass is 9.95. The van der Waals surface area contributed by atoms with Crippen molar-refractivity contribution >= 4 is 0 Å². The van der Waals surface area contributed by atoms with Crippen LogP contribution in [0.1, 0.15) is 28.4 Å². The number of aryl methyl sites for hydroxylation is 3. The first-order chi connectivity index (χ1) is 8.52. The lowest BCUT2D eigenvalue weighted by Crippen LogP contribution is -2.19. The molecule has 96 valence electrons. The molecule has 0 bridgehead atoms. The topological polar surface area (TPSA) is 29.9 Å². The third-order valence-electron chi connectivity index (χ3n) is 3.19. The predicted octanol–water partition coefficient (Wildman–Crippen LogP) is 2.48. The highest BCUT2D eigenvalue weighted by molar-refractivity contribution is 5.37. The Balaban J connectivity index is 2.48. The monoisotopic (exact) mass is 247 g/mol. The van der Waals surface area contributed by atoms with Gasteiger partial charge in [0.2, 0.25) is 0 Å². The second-order valence-corrected chi connectivity index (χ2v) is 4.57. The summed E-state index contributed by atoms with van der Waals surface area (Å²) < 4.78 is 15.0. The SMILES string of the molecule is CNC(c1ccc(F)cc1C)c1cn(C)nc1C. The van der Waals surface area contributed by atoms with Gasteiger partial charge in [-0.05, 0) is 44.2 Å². The average Bonchev–Trinajstić information content (AvgIpc) is 2.62. The molecule has 1 heterocycles. The van der Waals surface area contributed by atoms with E-state index in [0.29, 0.717) is 0 Å². The van der Waals surface area contributed by atoms with Crippen molar-refractivity contribution in [2.24, 2.45) is 7.05 Å². The van der Waals surface area contributed by atoms with Gasteiger partial charge in [0, 0.05) is 18.8 Å². The largest absolute Gasteiger partial charge is 0.309 e. The van der Waals surface area contributed by atoms with Gasteiger partial charge < -0.3 is 5.32 Å². The van der Waals surface area contributed by atoms with E-state index < -0.39 is 0 Å². The minimum atomic E-state index is -0.200. The molecule has 1 aromatic carbocycles. The normalized spacial score (nSPS) is 12.7. The minimum absolute atomic E-state index is 0.0410. The Kier molecular flexibility index (Phi) is 3.48. The molecule has 0 aliphatic heterocycles. The number of aromatic nitrogens is 2. The van der Waals surface area contributed by atoms with Crippen LogP contribution in [0.25, 0.3) is 0 Å². The molecule has 0 spiro atoms. The third-order valence-corrected chi connectivity index (χ3v) is 3.19. The lowest BCUT2D eigenvalue weighted by Gasteiger charge is -2.18. The lowest BCUT2D eigenvalue weighted by molar-refractivity contribution is 0.620. The highest BCUT2D eigenvalue weighted by Crippen LogP contribution is 2.26. The first-order valence-electron chi connectivity index (χ1n) is 5.96. The van der Waals surface area contributed by atoms with E-state index >= 15 is 0 Å². The van der Waals surface area contributed by atoms with Gasteiger partial charge in [0.25, 0.3) is 0 Å². The molecular formula is C14H18FN3. The Bertz CT molecular complexity index is 560. The van der Waals surface area contributed by atoms with Crippen molar-refractivity contribution < 1.29 is 4.39 Å². The van der Waals surface area contributed by atoms with Crippen LogP contribution in [0.4, 0.5) is 4.39 Å². The van der Waals surface area contributed by atoms with Gasteiger partial charge in [0.15, 0.2) is 0 Å². The molecule has 18 heavy (non-hydrogen) atoms. The van der Waals surface area contributed by atoms with Crippen molar-refractivity contribution in [3.8, 4) is 0 Å². The molecule has 1 unspecified atom stereocenters. The molecular weight excluding hydrogens is 229 g/mol. The van der Waals surface area contributed by atoms with Crippen LogP contribution in [-0.4, -0.2) is 16.8 Å². The zero-order chi connectivity index (χ0) is 13.3. The van der Waals surface area contributed by atoms with Crippen molar-refractivity contribution in [3.63, 3.8) is 0 Å². The van der Waals surface area contributed by atoms with Crippen LogP contribution in [0.3, 0.4) is 0 Å². The Labute approximate surface area is 107 Å². The Hall–Kier alpha value is -1.68. The number of rotatable bonds is 3. The minimum Gasteiger partial charge on any atom is -0.309 e. The summed E-state index contributed by atoms with van der Waals surface area (Å²) in [5.41, 5.74) is 4.13. The molecule has 0 saturated carbocycles. The van der Waals surface area contributed by atoms with E-state index in [4.69, 9.17) is 0 Å². The number of hydrogen-bond donors (Lipinski definition) is 1. The molecule has 0 fully saturated rings. The van der Waals surface area contributed by atoms with Crippen LogP contribution in [0.2, 0.25) is 0 Å². The maximum atomic E-state index is 13.2. The van der Waals surface area contributed by atoms with Gasteiger partial charge in [-0.15, -0.1) is 0 Å². The van der Waals surface area contributed by atoms with Gasteiger partial charge in [-0.1, -0.05) is 6.07 Å². The van der Waals surface area contributed by atoms with Crippen molar-refractivity contribution in [2.75, 3.05) is 7.05 Å². The van der Waals surface area contributed by atoms with Crippen LogP contribution in [0.5, 0.6) is 0 Å². The molecule has 1 aromatic heterocycles. The summed E-state index contributed by atoms with van der Waals surface area (Å²) in [4.78, 5) is 0. The molecule has 0 radical (unpaired) electrons. The summed E-state index contributed by atoms with van der Waals surface area (Å²) in [6.07, 6.45) is 2.00. The Morgan fingerprint density at radius 2 is 2.00 bits per heavy atom. The summed E-state index contributed by atoms with van der Waals surface area (Å²) in [6.45, 7) is 3.91. The van der Waals surface area contributed by atoms with Gasteiger partial charge in [-0.3, -0.25) is 4.68 Å². The summed E-state index contributed by atoms with van der Waals surface area (Å²) in [5.74, 6) is -0.200. The van der Waals surface area contributed by atoms with E-state index in [1.54, 1.807) is 10.7 Å². The number of nitrogens with zero attached hydrogens (tertiary/aromatic N) is 2. The smallest absolute Gasteiger partial charge is 0.123 e. The van der Waals surface area contributed by atoms with Crippen molar-refractivity contribution in [1.29, 1.82) is 0 Å². The highest BCUT2D eigenvalue weighted by atomic mass is 19.1. The molecule has 0 saturated heterocycles. The quantitative estimate of drug-likeness (QED) is 0.903. The van der Waals surface area contributed by atoms with Crippen LogP contribution >= 0.6 is 0 Å². The van der Waals surface area contributed by atoms with E-state index in [-0.39, 0.29) is 11.9 Å². The molecule has 0 aliphatic rings. The zero-order valence-electron chi connectivity index (χ0n) is 11.2. The maximum absolute atomic E-state index is 13.2. The van der Waals surface area contributed by atoms with Gasteiger partial charge in [0.1, 0.15) is 5.82 Å². The van der Waals surface area contributed by atoms with Crippen molar-refractivity contribution in [2.45, 2.75) is 19.9 Å². The first kappa shape index (κ1) is 12.8. The van der Waals surface area contributed by atoms with Gasteiger partial charge >= 0.3 is 0 Å². The molecule has 1 N–H and O–H groups in total. The standard InChI is InChI=1S/C14H18FN3/c1-9-7-11(15)5-6-12(9)14(16-3)13-8-18(4)17-10(13)2/h5-8,14,16H,1-4H3. The molecule has 2 rings (SSSR count). The Morgan fingerprint density at radius 1 is 1.28 bits per heavy atom. The predicted molar refractivity (Wildman–Crippen MR) is 70.0 cm³/mol. The number of halogens is 1. The van der Waals surface area contributed by atoms with E-state index in [2.05, 4.69) is 10.4 Å². The molecule has 2 aromatic rings. The fourth-order valence-electron chi connectivity index (χ4n) is 2.34. The number of benzene rings is 1. The summed E-state index contributed by atoms with van der Waals surface area (Å²) in [5, 5.41) is 7.63. The zero-order valence-corrected chi connectivity index (χ0v) is 11.2.